The largest absolute Gasteiger partial charge is 0.370 e. The third-order valence-corrected chi connectivity index (χ3v) is 5.44. The van der Waals surface area contributed by atoms with Crippen LogP contribution in [0.25, 0.3) is 0 Å². The van der Waals surface area contributed by atoms with Gasteiger partial charge in [0.1, 0.15) is 5.54 Å². The molecule has 1 saturated carbocycles. The fourth-order valence-electron chi connectivity index (χ4n) is 3.77. The maximum absolute atomic E-state index is 12.6. The minimum Gasteiger partial charge on any atom is -0.370 e. The van der Waals surface area contributed by atoms with Crippen LogP contribution in [0.2, 0.25) is 0 Å². The zero-order chi connectivity index (χ0) is 17.9. The first-order chi connectivity index (χ1) is 11.9. The molecule has 0 aromatic heterocycles. The molecule has 3 rings (SSSR count). The van der Waals surface area contributed by atoms with Crippen molar-refractivity contribution in [1.82, 2.24) is 10.2 Å². The van der Waals surface area contributed by atoms with Gasteiger partial charge in [-0.05, 0) is 45.1 Å². The number of rotatable bonds is 4. The van der Waals surface area contributed by atoms with Gasteiger partial charge in [-0.15, -0.1) is 0 Å². The average Bonchev–Trinajstić information content (AvgIpc) is 3.06. The van der Waals surface area contributed by atoms with Crippen LogP contribution in [0.3, 0.4) is 0 Å². The Kier molecular flexibility index (Phi) is 5.12. The molecule has 25 heavy (non-hydrogen) atoms. The third kappa shape index (κ3) is 4.02. The lowest BCUT2D eigenvalue weighted by molar-refractivity contribution is -0.134. The number of morpholine rings is 1. The van der Waals surface area contributed by atoms with Crippen molar-refractivity contribution in [3.8, 4) is 6.07 Å². The Bertz CT molecular complexity index is 645. The van der Waals surface area contributed by atoms with Gasteiger partial charge in [0.15, 0.2) is 0 Å². The molecule has 1 saturated heterocycles. The summed E-state index contributed by atoms with van der Waals surface area (Å²) in [7, 11) is 0. The highest BCUT2D eigenvalue weighted by Crippen LogP contribution is 2.31. The maximum atomic E-state index is 12.6. The molecule has 134 valence electrons. The van der Waals surface area contributed by atoms with Gasteiger partial charge in [-0.3, -0.25) is 9.69 Å². The van der Waals surface area contributed by atoms with Crippen LogP contribution in [0, 0.1) is 11.3 Å². The van der Waals surface area contributed by atoms with Crippen molar-refractivity contribution in [1.29, 1.82) is 5.26 Å². The maximum Gasteiger partial charge on any atom is 0.235 e. The average molecular weight is 341 g/mol. The van der Waals surface area contributed by atoms with Crippen molar-refractivity contribution in [3.63, 3.8) is 0 Å². The Morgan fingerprint density at radius 1 is 1.32 bits per heavy atom. The number of benzene rings is 1. The molecule has 2 aliphatic rings. The molecule has 1 aromatic rings. The summed E-state index contributed by atoms with van der Waals surface area (Å²) in [5.41, 5.74) is 0.262. The number of nitrogens with one attached hydrogen (secondary N) is 1. The van der Waals surface area contributed by atoms with E-state index in [0.717, 1.165) is 31.2 Å². The molecule has 1 aliphatic heterocycles. The van der Waals surface area contributed by atoms with Crippen LogP contribution < -0.4 is 5.32 Å². The summed E-state index contributed by atoms with van der Waals surface area (Å²) < 4.78 is 6.04. The molecular formula is C20H27N3O2. The quantitative estimate of drug-likeness (QED) is 0.914. The van der Waals surface area contributed by atoms with Crippen molar-refractivity contribution in [2.75, 3.05) is 19.7 Å². The number of hydrogen-bond acceptors (Lipinski definition) is 4. The number of amides is 1. The van der Waals surface area contributed by atoms with E-state index in [1.54, 1.807) is 0 Å². The summed E-state index contributed by atoms with van der Waals surface area (Å²) in [5, 5.41) is 12.5. The topological polar surface area (TPSA) is 65.4 Å². The summed E-state index contributed by atoms with van der Waals surface area (Å²) >= 11 is 0. The second kappa shape index (κ2) is 7.15. The van der Waals surface area contributed by atoms with Crippen LogP contribution in [-0.2, 0) is 9.53 Å². The molecule has 1 N–H and O–H groups in total. The molecule has 1 atom stereocenters. The predicted octanol–water partition coefficient (Wildman–Crippen LogP) is 2.79. The van der Waals surface area contributed by atoms with E-state index in [0.29, 0.717) is 19.7 Å². The van der Waals surface area contributed by atoms with Crippen LogP contribution in [0.1, 0.15) is 51.2 Å². The van der Waals surface area contributed by atoms with Crippen molar-refractivity contribution >= 4 is 5.91 Å². The van der Waals surface area contributed by atoms with E-state index in [1.165, 1.54) is 0 Å². The van der Waals surface area contributed by atoms with Gasteiger partial charge in [-0.1, -0.05) is 30.3 Å². The third-order valence-electron chi connectivity index (χ3n) is 5.44. The highest BCUT2D eigenvalue weighted by Gasteiger charge is 2.39. The lowest BCUT2D eigenvalue weighted by Crippen LogP contribution is -2.58. The number of nitrogens with zero attached hydrogens (tertiary/aromatic N) is 2. The Morgan fingerprint density at radius 2 is 2.00 bits per heavy atom. The Balaban J connectivity index is 1.66. The molecular weight excluding hydrogens is 314 g/mol. The summed E-state index contributed by atoms with van der Waals surface area (Å²) in [4.78, 5) is 14.8. The van der Waals surface area contributed by atoms with Crippen molar-refractivity contribution in [2.45, 2.75) is 56.7 Å². The lowest BCUT2D eigenvalue weighted by Gasteiger charge is -2.45. The molecule has 1 unspecified atom stereocenters. The van der Waals surface area contributed by atoms with E-state index in [4.69, 9.17) is 4.74 Å². The molecule has 0 radical (unpaired) electrons. The molecule has 0 bridgehead atoms. The van der Waals surface area contributed by atoms with Crippen molar-refractivity contribution in [2.24, 2.45) is 0 Å². The summed E-state index contributed by atoms with van der Waals surface area (Å²) in [6.45, 7) is 5.73. The molecule has 1 aliphatic carbocycles. The van der Waals surface area contributed by atoms with Crippen LogP contribution in [0.4, 0.5) is 0 Å². The van der Waals surface area contributed by atoms with Crippen LogP contribution >= 0.6 is 0 Å². The first-order valence-electron chi connectivity index (χ1n) is 9.08. The van der Waals surface area contributed by atoms with Gasteiger partial charge < -0.3 is 10.1 Å². The van der Waals surface area contributed by atoms with Gasteiger partial charge >= 0.3 is 0 Å². The van der Waals surface area contributed by atoms with E-state index >= 15 is 0 Å². The second-order valence-corrected chi connectivity index (χ2v) is 7.85. The second-order valence-electron chi connectivity index (χ2n) is 7.85. The van der Waals surface area contributed by atoms with Crippen molar-refractivity contribution < 1.29 is 9.53 Å². The molecule has 2 fully saturated rings. The van der Waals surface area contributed by atoms with E-state index in [2.05, 4.69) is 42.3 Å². The Hall–Kier alpha value is -1.90. The number of carbonyl (C=O) groups is 1. The molecule has 1 amide bonds. The first kappa shape index (κ1) is 17.9. The van der Waals surface area contributed by atoms with Gasteiger partial charge in [0.2, 0.25) is 5.91 Å². The highest BCUT2D eigenvalue weighted by atomic mass is 16.5. The minimum atomic E-state index is -0.660. The van der Waals surface area contributed by atoms with Gasteiger partial charge in [0.05, 0.1) is 25.3 Å². The van der Waals surface area contributed by atoms with Crippen molar-refractivity contribution in [3.05, 3.63) is 35.9 Å². The van der Waals surface area contributed by atoms with Crippen LogP contribution in [0.15, 0.2) is 30.3 Å². The molecule has 1 aromatic carbocycles. The molecule has 1 heterocycles. The van der Waals surface area contributed by atoms with Crippen LogP contribution in [0.5, 0.6) is 0 Å². The van der Waals surface area contributed by atoms with E-state index in [9.17, 15) is 10.1 Å². The molecule has 5 heteroatoms. The van der Waals surface area contributed by atoms with Gasteiger partial charge in [-0.2, -0.15) is 5.26 Å². The fourth-order valence-corrected chi connectivity index (χ4v) is 3.77. The standard InChI is InChI=1S/C20H27N3O2/c1-19(2)15-25-17(16-8-4-3-5-9-16)12-23(19)13-18(24)22-20(14-21)10-6-7-11-20/h3-5,8-9,17H,6-7,10-13,15H2,1-2H3,(H,22,24). The Labute approximate surface area is 150 Å². The number of ether oxygens (including phenoxy) is 1. The minimum absolute atomic E-state index is 0.0292. The van der Waals surface area contributed by atoms with E-state index < -0.39 is 5.54 Å². The number of carbonyl (C=O) groups excluding carboxylic acids is 1. The molecule has 0 spiro atoms. The van der Waals surface area contributed by atoms with E-state index in [1.807, 2.05) is 18.2 Å². The number of nitriles is 1. The van der Waals surface area contributed by atoms with Crippen LogP contribution in [-0.4, -0.2) is 41.6 Å². The fraction of sp³-hybridized carbons (Fsp3) is 0.600. The zero-order valence-corrected chi connectivity index (χ0v) is 15.1. The lowest BCUT2D eigenvalue weighted by atomic mass is 9.97. The normalized spacial score (nSPS) is 25.2. The van der Waals surface area contributed by atoms with Gasteiger partial charge in [-0.25, -0.2) is 0 Å². The smallest absolute Gasteiger partial charge is 0.235 e. The summed E-state index contributed by atoms with van der Waals surface area (Å²) in [6.07, 6.45) is 3.50. The van der Waals surface area contributed by atoms with Gasteiger partial charge in [0.25, 0.3) is 0 Å². The monoisotopic (exact) mass is 341 g/mol. The Morgan fingerprint density at radius 3 is 2.64 bits per heavy atom. The number of hydrogen-bond donors (Lipinski definition) is 1. The summed E-state index contributed by atoms with van der Waals surface area (Å²) in [5.74, 6) is -0.0646. The zero-order valence-electron chi connectivity index (χ0n) is 15.1. The molecule has 5 nitrogen and oxygen atoms in total. The predicted molar refractivity (Wildman–Crippen MR) is 95.7 cm³/mol. The van der Waals surface area contributed by atoms with Gasteiger partial charge in [0, 0.05) is 12.1 Å². The first-order valence-corrected chi connectivity index (χ1v) is 9.08. The highest BCUT2D eigenvalue weighted by molar-refractivity contribution is 5.79. The SMILES string of the molecule is CC1(C)COC(c2ccccc2)CN1CC(=O)NC1(C#N)CCCC1. The van der Waals surface area contributed by atoms with E-state index in [-0.39, 0.29) is 17.6 Å². The summed E-state index contributed by atoms with van der Waals surface area (Å²) in [6, 6.07) is 12.4.